The highest BCUT2D eigenvalue weighted by atomic mass is 35.5. The van der Waals surface area contributed by atoms with Crippen LogP contribution in [0.25, 0.3) is 10.8 Å². The molecule has 0 saturated carbocycles. The largest absolute Gasteiger partial charge is 0.391 e. The number of carbonyl (C=O) groups excluding carboxylic acids is 1. The Hall–Kier alpha value is -1.66. The Morgan fingerprint density at radius 1 is 1.07 bits per heavy atom. The average molecular weight is 404 g/mol. The van der Waals surface area contributed by atoms with Crippen LogP contribution in [-0.4, -0.2) is 72.7 Å². The summed E-state index contributed by atoms with van der Waals surface area (Å²) < 4.78 is 0. The Bertz CT molecular complexity index is 794. The predicted molar refractivity (Wildman–Crippen MR) is 115 cm³/mol. The summed E-state index contributed by atoms with van der Waals surface area (Å²) in [7, 11) is 0. The maximum Gasteiger partial charge on any atom is 0.223 e. The Balaban J connectivity index is 0.00000225. The number of β-amino-alcohol motifs (C(OH)–C–C–N with tert-alkyl or cyclic N) is 1. The SMILES string of the molecule is Cl.O=C(CCN1CCNCC1)N1CC[C@@H](c2ccc3ccccc3c2)[C@H](O)C1. The van der Waals surface area contributed by atoms with E-state index in [1.54, 1.807) is 0 Å². The number of amides is 1. The molecule has 2 saturated heterocycles. The van der Waals surface area contributed by atoms with Gasteiger partial charge in [-0.25, -0.2) is 0 Å². The fraction of sp³-hybridized carbons (Fsp3) is 0.500. The Kier molecular flexibility index (Phi) is 7.30. The molecule has 2 atom stereocenters. The topological polar surface area (TPSA) is 55.8 Å². The first-order chi connectivity index (χ1) is 13.2. The molecule has 2 fully saturated rings. The van der Waals surface area contributed by atoms with Crippen LogP contribution in [-0.2, 0) is 4.79 Å². The third-order valence-corrected chi connectivity index (χ3v) is 5.99. The van der Waals surface area contributed by atoms with E-state index in [2.05, 4.69) is 40.5 Å². The maximum atomic E-state index is 12.6. The van der Waals surface area contributed by atoms with Gasteiger partial charge >= 0.3 is 0 Å². The maximum absolute atomic E-state index is 12.6. The van der Waals surface area contributed by atoms with Crippen LogP contribution in [0, 0.1) is 0 Å². The van der Waals surface area contributed by atoms with Gasteiger partial charge in [0.15, 0.2) is 0 Å². The van der Waals surface area contributed by atoms with Crippen LogP contribution in [0.1, 0.15) is 24.3 Å². The zero-order chi connectivity index (χ0) is 18.6. The molecular weight excluding hydrogens is 374 g/mol. The zero-order valence-corrected chi connectivity index (χ0v) is 17.0. The Morgan fingerprint density at radius 3 is 2.57 bits per heavy atom. The van der Waals surface area contributed by atoms with E-state index in [9.17, 15) is 9.90 Å². The summed E-state index contributed by atoms with van der Waals surface area (Å²) in [5.74, 6) is 0.274. The van der Waals surface area contributed by atoms with Gasteiger partial charge in [0.05, 0.1) is 6.10 Å². The second-order valence-electron chi connectivity index (χ2n) is 7.75. The summed E-state index contributed by atoms with van der Waals surface area (Å²) in [6.07, 6.45) is 0.870. The van der Waals surface area contributed by atoms with E-state index < -0.39 is 6.10 Å². The van der Waals surface area contributed by atoms with E-state index in [0.29, 0.717) is 13.0 Å². The second kappa shape index (κ2) is 9.70. The molecule has 0 unspecified atom stereocenters. The van der Waals surface area contributed by atoms with Gasteiger partial charge in [0, 0.05) is 58.2 Å². The number of benzene rings is 2. The zero-order valence-electron chi connectivity index (χ0n) is 16.2. The third kappa shape index (κ3) is 4.84. The molecule has 2 N–H and O–H groups in total. The van der Waals surface area contributed by atoms with E-state index in [1.165, 1.54) is 16.3 Å². The molecule has 0 spiro atoms. The highest BCUT2D eigenvalue weighted by Crippen LogP contribution is 2.30. The van der Waals surface area contributed by atoms with Gasteiger partial charge in [-0.15, -0.1) is 12.4 Å². The molecule has 0 bridgehead atoms. The number of carbonyl (C=O) groups is 1. The molecule has 2 aromatic carbocycles. The van der Waals surface area contributed by atoms with Crippen LogP contribution >= 0.6 is 12.4 Å². The second-order valence-corrected chi connectivity index (χ2v) is 7.75. The first-order valence-electron chi connectivity index (χ1n) is 10.1. The van der Waals surface area contributed by atoms with Crippen molar-refractivity contribution < 1.29 is 9.90 Å². The van der Waals surface area contributed by atoms with Crippen molar-refractivity contribution in [1.82, 2.24) is 15.1 Å². The standard InChI is InChI=1S/C22H29N3O2.ClH/c26-21-16-25(22(27)8-11-24-13-9-23-10-14-24)12-7-20(21)19-6-5-17-3-1-2-4-18(17)15-19;/h1-6,15,20-21,23,26H,7-14,16H2;1H/t20-,21+;/m0./s1. The van der Waals surface area contributed by atoms with E-state index in [1.807, 2.05) is 17.0 Å². The van der Waals surface area contributed by atoms with Gasteiger partial charge in [0.2, 0.25) is 5.91 Å². The Labute approximate surface area is 173 Å². The van der Waals surface area contributed by atoms with E-state index in [4.69, 9.17) is 0 Å². The fourth-order valence-electron chi connectivity index (χ4n) is 4.33. The number of aliphatic hydroxyl groups excluding tert-OH is 1. The van der Waals surface area contributed by atoms with Crippen molar-refractivity contribution in [2.24, 2.45) is 0 Å². The minimum absolute atomic E-state index is 0. The molecule has 0 aliphatic carbocycles. The smallest absolute Gasteiger partial charge is 0.223 e. The number of rotatable bonds is 4. The summed E-state index contributed by atoms with van der Waals surface area (Å²) in [6.45, 7) is 6.03. The van der Waals surface area contributed by atoms with Gasteiger partial charge in [-0.05, 0) is 22.8 Å². The average Bonchev–Trinajstić information content (AvgIpc) is 2.72. The Morgan fingerprint density at radius 2 is 1.82 bits per heavy atom. The molecule has 4 rings (SSSR count). The minimum Gasteiger partial charge on any atom is -0.391 e. The van der Waals surface area contributed by atoms with Crippen molar-refractivity contribution in [3.05, 3.63) is 48.0 Å². The summed E-state index contributed by atoms with van der Waals surface area (Å²) in [6, 6.07) is 14.7. The summed E-state index contributed by atoms with van der Waals surface area (Å²) in [5, 5.41) is 16.5. The minimum atomic E-state index is -0.497. The first kappa shape index (κ1) is 21.1. The monoisotopic (exact) mass is 403 g/mol. The number of fused-ring (bicyclic) bond motifs is 1. The number of hydrogen-bond acceptors (Lipinski definition) is 4. The van der Waals surface area contributed by atoms with Crippen molar-refractivity contribution in [1.29, 1.82) is 0 Å². The molecule has 0 radical (unpaired) electrons. The molecule has 2 aliphatic rings. The normalized spacial score (nSPS) is 23.4. The van der Waals surface area contributed by atoms with Crippen LogP contribution in [0.15, 0.2) is 42.5 Å². The lowest BCUT2D eigenvalue weighted by molar-refractivity contribution is -0.135. The van der Waals surface area contributed by atoms with E-state index >= 15 is 0 Å². The lowest BCUT2D eigenvalue weighted by Gasteiger charge is -2.37. The van der Waals surface area contributed by atoms with Gasteiger partial charge in [-0.2, -0.15) is 0 Å². The van der Waals surface area contributed by atoms with Gasteiger partial charge < -0.3 is 20.2 Å². The molecule has 1 amide bonds. The van der Waals surface area contributed by atoms with Crippen LogP contribution in [0.3, 0.4) is 0 Å². The van der Waals surface area contributed by atoms with Gasteiger partial charge in [0.25, 0.3) is 0 Å². The number of nitrogens with zero attached hydrogens (tertiary/aromatic N) is 2. The highest BCUT2D eigenvalue weighted by molar-refractivity contribution is 5.85. The van der Waals surface area contributed by atoms with E-state index in [-0.39, 0.29) is 24.2 Å². The third-order valence-electron chi connectivity index (χ3n) is 5.99. The molecule has 28 heavy (non-hydrogen) atoms. The number of aliphatic hydroxyl groups is 1. The van der Waals surface area contributed by atoms with E-state index in [0.717, 1.165) is 45.7 Å². The van der Waals surface area contributed by atoms with Crippen molar-refractivity contribution >= 4 is 29.1 Å². The molecule has 152 valence electrons. The van der Waals surface area contributed by atoms with Crippen molar-refractivity contribution in [3.8, 4) is 0 Å². The number of piperidine rings is 1. The van der Waals surface area contributed by atoms with Crippen LogP contribution in [0.4, 0.5) is 0 Å². The molecule has 2 aliphatic heterocycles. The molecule has 0 aromatic heterocycles. The molecule has 2 heterocycles. The quantitative estimate of drug-likeness (QED) is 0.822. The van der Waals surface area contributed by atoms with Gasteiger partial charge in [-0.1, -0.05) is 42.5 Å². The lowest BCUT2D eigenvalue weighted by atomic mass is 9.86. The summed E-state index contributed by atoms with van der Waals surface area (Å²) in [5.41, 5.74) is 1.18. The first-order valence-corrected chi connectivity index (χ1v) is 10.1. The summed E-state index contributed by atoms with van der Waals surface area (Å²) >= 11 is 0. The highest BCUT2D eigenvalue weighted by Gasteiger charge is 2.31. The van der Waals surface area contributed by atoms with Crippen molar-refractivity contribution in [2.45, 2.75) is 24.9 Å². The molecule has 6 heteroatoms. The van der Waals surface area contributed by atoms with Gasteiger partial charge in [-0.3, -0.25) is 4.79 Å². The number of nitrogens with one attached hydrogen (secondary N) is 1. The predicted octanol–water partition coefficient (Wildman–Crippen LogP) is 2.23. The number of halogens is 1. The molecular formula is C22H30ClN3O2. The number of likely N-dealkylation sites (tertiary alicyclic amines) is 1. The molecule has 5 nitrogen and oxygen atoms in total. The summed E-state index contributed by atoms with van der Waals surface area (Å²) in [4.78, 5) is 16.8. The van der Waals surface area contributed by atoms with Crippen LogP contribution < -0.4 is 5.32 Å². The van der Waals surface area contributed by atoms with Crippen LogP contribution in [0.2, 0.25) is 0 Å². The van der Waals surface area contributed by atoms with Gasteiger partial charge in [0.1, 0.15) is 0 Å². The number of piperazine rings is 1. The number of hydrogen-bond donors (Lipinski definition) is 2. The lowest BCUT2D eigenvalue weighted by Crippen LogP contribution is -2.48. The molecule has 2 aromatic rings. The van der Waals surface area contributed by atoms with Crippen molar-refractivity contribution in [2.75, 3.05) is 45.8 Å². The van der Waals surface area contributed by atoms with Crippen LogP contribution in [0.5, 0.6) is 0 Å². The van der Waals surface area contributed by atoms with Crippen molar-refractivity contribution in [3.63, 3.8) is 0 Å². The fourth-order valence-corrected chi connectivity index (χ4v) is 4.33.